The number of ether oxygens (including phenoxy) is 1. The quantitative estimate of drug-likeness (QED) is 0.722. The molecule has 3 heterocycles. The zero-order chi connectivity index (χ0) is 12.8. The third kappa shape index (κ3) is 1.48. The maximum Gasteiger partial charge on any atom is 0.326 e. The van der Waals surface area contributed by atoms with E-state index in [1.165, 1.54) is 0 Å². The van der Waals surface area contributed by atoms with Crippen LogP contribution in [0.1, 0.15) is 19.3 Å². The minimum absolute atomic E-state index is 0.00797. The molecular formula is C12H18N2O4. The van der Waals surface area contributed by atoms with Crippen LogP contribution >= 0.6 is 0 Å². The van der Waals surface area contributed by atoms with Crippen molar-refractivity contribution in [2.45, 2.75) is 30.8 Å². The van der Waals surface area contributed by atoms with Crippen LogP contribution in [0.2, 0.25) is 0 Å². The van der Waals surface area contributed by atoms with Crippen molar-refractivity contribution < 1.29 is 19.4 Å². The highest BCUT2D eigenvalue weighted by molar-refractivity contribution is 5.93. The zero-order valence-electron chi connectivity index (χ0n) is 10.3. The molecule has 3 aliphatic rings. The van der Waals surface area contributed by atoms with Gasteiger partial charge in [-0.05, 0) is 12.8 Å². The standard InChI is InChI=1S/C12H18N2O4/c15-10-8-12(11(16)17,9-2-1-3-14(9)10)13-4-6-18-7-5-13/h9H,1-8H2,(H,16,17). The first-order valence-corrected chi connectivity index (χ1v) is 6.52. The average Bonchev–Trinajstić information content (AvgIpc) is 2.94. The highest BCUT2D eigenvalue weighted by atomic mass is 16.5. The van der Waals surface area contributed by atoms with Gasteiger partial charge in [0.1, 0.15) is 5.54 Å². The van der Waals surface area contributed by atoms with Crippen LogP contribution in [0.4, 0.5) is 0 Å². The Kier molecular flexibility index (Phi) is 2.79. The largest absolute Gasteiger partial charge is 0.480 e. The van der Waals surface area contributed by atoms with E-state index in [1.54, 1.807) is 4.90 Å². The molecule has 2 unspecified atom stereocenters. The number of carboxylic acid groups (broad SMARTS) is 1. The summed E-state index contributed by atoms with van der Waals surface area (Å²) in [7, 11) is 0. The summed E-state index contributed by atoms with van der Waals surface area (Å²) in [5.74, 6) is -0.862. The third-order valence-electron chi connectivity index (χ3n) is 4.49. The van der Waals surface area contributed by atoms with E-state index in [0.717, 1.165) is 12.8 Å². The monoisotopic (exact) mass is 254 g/mol. The summed E-state index contributed by atoms with van der Waals surface area (Å²) < 4.78 is 5.29. The van der Waals surface area contributed by atoms with Crippen molar-refractivity contribution in [2.75, 3.05) is 32.8 Å². The molecule has 0 radical (unpaired) electrons. The molecule has 6 nitrogen and oxygen atoms in total. The van der Waals surface area contributed by atoms with E-state index in [1.807, 2.05) is 4.90 Å². The van der Waals surface area contributed by atoms with E-state index in [9.17, 15) is 14.7 Å². The van der Waals surface area contributed by atoms with Crippen LogP contribution in [0.3, 0.4) is 0 Å². The molecular weight excluding hydrogens is 236 g/mol. The minimum Gasteiger partial charge on any atom is -0.480 e. The molecule has 0 aromatic heterocycles. The van der Waals surface area contributed by atoms with Gasteiger partial charge in [-0.15, -0.1) is 0 Å². The number of carboxylic acids is 1. The lowest BCUT2D eigenvalue weighted by Crippen LogP contribution is -2.63. The maximum atomic E-state index is 12.0. The van der Waals surface area contributed by atoms with Crippen molar-refractivity contribution >= 4 is 11.9 Å². The molecule has 3 saturated heterocycles. The SMILES string of the molecule is O=C1CC(C(=O)O)(N2CCOCC2)C2CCCN12. The molecule has 3 aliphatic heterocycles. The van der Waals surface area contributed by atoms with Gasteiger partial charge in [-0.1, -0.05) is 0 Å². The second-order valence-electron chi connectivity index (χ2n) is 5.25. The van der Waals surface area contributed by atoms with Gasteiger partial charge in [0.2, 0.25) is 5.91 Å². The molecule has 6 heteroatoms. The van der Waals surface area contributed by atoms with Gasteiger partial charge in [-0.3, -0.25) is 14.5 Å². The van der Waals surface area contributed by atoms with Gasteiger partial charge in [0.05, 0.1) is 25.7 Å². The predicted molar refractivity (Wildman–Crippen MR) is 62.1 cm³/mol. The van der Waals surface area contributed by atoms with Gasteiger partial charge in [0, 0.05) is 19.6 Å². The number of amides is 1. The maximum absolute atomic E-state index is 12.0. The number of carbonyl (C=O) groups excluding carboxylic acids is 1. The number of carbonyl (C=O) groups is 2. The van der Waals surface area contributed by atoms with Crippen LogP contribution in [0.15, 0.2) is 0 Å². The molecule has 0 bridgehead atoms. The van der Waals surface area contributed by atoms with E-state index in [-0.39, 0.29) is 18.4 Å². The Balaban J connectivity index is 1.96. The van der Waals surface area contributed by atoms with Crippen molar-refractivity contribution in [3.8, 4) is 0 Å². The summed E-state index contributed by atoms with van der Waals surface area (Å²) in [4.78, 5) is 27.6. The zero-order valence-corrected chi connectivity index (χ0v) is 10.3. The number of hydrogen-bond acceptors (Lipinski definition) is 4. The van der Waals surface area contributed by atoms with E-state index in [2.05, 4.69) is 0 Å². The third-order valence-corrected chi connectivity index (χ3v) is 4.49. The average molecular weight is 254 g/mol. The Hall–Kier alpha value is -1.14. The van der Waals surface area contributed by atoms with Crippen molar-refractivity contribution in [2.24, 2.45) is 0 Å². The fourth-order valence-corrected chi connectivity index (χ4v) is 3.65. The molecule has 0 aromatic carbocycles. The first kappa shape index (κ1) is 11.9. The molecule has 2 atom stereocenters. The Bertz CT molecular complexity index is 380. The number of aliphatic carboxylic acids is 1. The minimum atomic E-state index is -1.02. The smallest absolute Gasteiger partial charge is 0.326 e. The molecule has 3 rings (SSSR count). The Morgan fingerprint density at radius 3 is 2.72 bits per heavy atom. The lowest BCUT2D eigenvalue weighted by Gasteiger charge is -2.42. The normalized spacial score (nSPS) is 37.0. The fourth-order valence-electron chi connectivity index (χ4n) is 3.65. The van der Waals surface area contributed by atoms with E-state index < -0.39 is 11.5 Å². The van der Waals surface area contributed by atoms with Gasteiger partial charge in [0.25, 0.3) is 0 Å². The van der Waals surface area contributed by atoms with Crippen LogP contribution in [0.25, 0.3) is 0 Å². The first-order chi connectivity index (χ1) is 8.66. The lowest BCUT2D eigenvalue weighted by atomic mass is 9.86. The molecule has 0 saturated carbocycles. The molecule has 18 heavy (non-hydrogen) atoms. The van der Waals surface area contributed by atoms with Gasteiger partial charge in [-0.25, -0.2) is 0 Å². The van der Waals surface area contributed by atoms with Crippen LogP contribution < -0.4 is 0 Å². The van der Waals surface area contributed by atoms with Crippen LogP contribution in [-0.4, -0.2) is 71.2 Å². The highest BCUT2D eigenvalue weighted by Gasteiger charge is 2.61. The Morgan fingerprint density at radius 2 is 2.06 bits per heavy atom. The first-order valence-electron chi connectivity index (χ1n) is 6.52. The molecule has 3 fully saturated rings. The topological polar surface area (TPSA) is 70.1 Å². The second-order valence-corrected chi connectivity index (χ2v) is 5.25. The second kappa shape index (κ2) is 4.20. The summed E-state index contributed by atoms with van der Waals surface area (Å²) in [6.07, 6.45) is 1.83. The van der Waals surface area contributed by atoms with E-state index >= 15 is 0 Å². The van der Waals surface area contributed by atoms with Crippen LogP contribution in [-0.2, 0) is 14.3 Å². The number of rotatable bonds is 2. The highest BCUT2D eigenvalue weighted by Crippen LogP contribution is 2.41. The van der Waals surface area contributed by atoms with Crippen molar-refractivity contribution in [1.29, 1.82) is 0 Å². The Morgan fingerprint density at radius 1 is 1.33 bits per heavy atom. The van der Waals surface area contributed by atoms with Gasteiger partial charge in [0.15, 0.2) is 0 Å². The molecule has 0 aliphatic carbocycles. The molecule has 1 N–H and O–H groups in total. The summed E-state index contributed by atoms with van der Waals surface area (Å²) >= 11 is 0. The molecule has 1 amide bonds. The predicted octanol–water partition coefficient (Wildman–Crippen LogP) is -0.463. The summed E-state index contributed by atoms with van der Waals surface area (Å²) in [6.45, 7) is 3.02. The summed E-state index contributed by atoms with van der Waals surface area (Å²) in [6, 6.07) is -0.152. The Labute approximate surface area is 105 Å². The van der Waals surface area contributed by atoms with E-state index in [0.29, 0.717) is 32.8 Å². The van der Waals surface area contributed by atoms with Gasteiger partial charge >= 0.3 is 5.97 Å². The number of hydrogen-bond donors (Lipinski definition) is 1. The molecule has 100 valence electrons. The van der Waals surface area contributed by atoms with Crippen molar-refractivity contribution in [3.63, 3.8) is 0 Å². The van der Waals surface area contributed by atoms with Crippen LogP contribution in [0, 0.1) is 0 Å². The van der Waals surface area contributed by atoms with E-state index in [4.69, 9.17) is 4.74 Å². The number of fused-ring (bicyclic) bond motifs is 1. The number of morpholine rings is 1. The summed E-state index contributed by atoms with van der Waals surface area (Å²) in [5, 5.41) is 9.72. The van der Waals surface area contributed by atoms with Crippen molar-refractivity contribution in [3.05, 3.63) is 0 Å². The summed E-state index contributed by atoms with van der Waals surface area (Å²) in [5.41, 5.74) is -1.02. The van der Waals surface area contributed by atoms with Crippen LogP contribution in [0.5, 0.6) is 0 Å². The van der Waals surface area contributed by atoms with Crippen molar-refractivity contribution in [1.82, 2.24) is 9.80 Å². The lowest BCUT2D eigenvalue weighted by molar-refractivity contribution is -0.157. The molecule has 0 aromatic rings. The fraction of sp³-hybridized carbons (Fsp3) is 0.833. The number of nitrogens with zero attached hydrogens (tertiary/aromatic N) is 2. The van der Waals surface area contributed by atoms with Gasteiger partial charge < -0.3 is 14.7 Å². The van der Waals surface area contributed by atoms with Gasteiger partial charge in [-0.2, -0.15) is 0 Å². The molecule has 0 spiro atoms.